The fourth-order valence-corrected chi connectivity index (χ4v) is 6.42. The largest absolute Gasteiger partial charge is 0.493 e. The molecule has 1 N–H and O–H groups in total. The first-order chi connectivity index (χ1) is 20.4. The predicted molar refractivity (Wildman–Crippen MR) is 155 cm³/mol. The van der Waals surface area contributed by atoms with Crippen LogP contribution in [0.5, 0.6) is 11.5 Å². The number of nitrogens with one attached hydrogen (secondary N) is 1. The number of H-pyrrole nitrogens is 1. The van der Waals surface area contributed by atoms with Crippen molar-refractivity contribution in [1.82, 2.24) is 14.8 Å². The van der Waals surface area contributed by atoms with E-state index in [4.69, 9.17) is 9.47 Å². The Kier molecular flexibility index (Phi) is 6.90. The highest BCUT2D eigenvalue weighted by Crippen LogP contribution is 2.49. The monoisotopic (exact) mass is 591 g/mol. The molecule has 224 valence electrons. The number of halogens is 3. The van der Waals surface area contributed by atoms with Gasteiger partial charge in [0.2, 0.25) is 5.91 Å². The summed E-state index contributed by atoms with van der Waals surface area (Å²) in [6.07, 6.45) is -4.56. The van der Waals surface area contributed by atoms with Crippen molar-refractivity contribution in [2.45, 2.75) is 51.1 Å². The van der Waals surface area contributed by atoms with Crippen LogP contribution in [-0.4, -0.2) is 52.9 Å². The first kappa shape index (κ1) is 28.6. The van der Waals surface area contributed by atoms with E-state index in [1.54, 1.807) is 18.9 Å². The fourth-order valence-electron chi connectivity index (χ4n) is 6.42. The number of nitrogens with zero attached hydrogens (tertiary/aromatic N) is 2. The number of amides is 2. The molecule has 1 saturated heterocycles. The van der Waals surface area contributed by atoms with Gasteiger partial charge in [0.25, 0.3) is 5.91 Å². The van der Waals surface area contributed by atoms with Crippen molar-refractivity contribution in [2.75, 3.05) is 20.2 Å². The number of carbonyl (C=O) groups is 2. The lowest BCUT2D eigenvalue weighted by atomic mass is 9.76. The minimum atomic E-state index is -4.51. The number of ether oxygens (including phenoxy) is 2. The minimum Gasteiger partial charge on any atom is -0.493 e. The Bertz CT molecular complexity index is 1730. The van der Waals surface area contributed by atoms with Crippen LogP contribution < -0.4 is 9.47 Å². The maximum absolute atomic E-state index is 14.3. The normalized spacial score (nSPS) is 20.4. The Morgan fingerprint density at radius 1 is 1.02 bits per heavy atom. The molecular weight excluding hydrogens is 559 g/mol. The van der Waals surface area contributed by atoms with Crippen LogP contribution in [0.1, 0.15) is 54.6 Å². The number of benzene rings is 3. The van der Waals surface area contributed by atoms with Gasteiger partial charge in [-0.05, 0) is 67.8 Å². The molecule has 4 aromatic rings. The summed E-state index contributed by atoms with van der Waals surface area (Å²) in [6.45, 7) is 5.46. The zero-order chi connectivity index (χ0) is 30.7. The third-order valence-corrected chi connectivity index (χ3v) is 8.40. The van der Waals surface area contributed by atoms with Gasteiger partial charge < -0.3 is 24.3 Å². The van der Waals surface area contributed by atoms with Crippen molar-refractivity contribution in [2.24, 2.45) is 0 Å². The van der Waals surface area contributed by atoms with Crippen molar-refractivity contribution in [3.05, 3.63) is 94.7 Å². The summed E-state index contributed by atoms with van der Waals surface area (Å²) >= 11 is 0. The molecule has 10 heteroatoms. The molecule has 2 atom stereocenters. The van der Waals surface area contributed by atoms with Crippen LogP contribution in [0.15, 0.2) is 66.7 Å². The molecule has 3 aromatic carbocycles. The quantitative estimate of drug-likeness (QED) is 0.289. The van der Waals surface area contributed by atoms with Crippen molar-refractivity contribution >= 4 is 22.7 Å². The van der Waals surface area contributed by atoms with E-state index >= 15 is 0 Å². The third-order valence-electron chi connectivity index (χ3n) is 8.40. The van der Waals surface area contributed by atoms with Gasteiger partial charge in [-0.1, -0.05) is 36.4 Å². The van der Waals surface area contributed by atoms with Crippen LogP contribution in [0.3, 0.4) is 0 Å². The summed E-state index contributed by atoms with van der Waals surface area (Å²) in [5.41, 5.74) is 1.33. The van der Waals surface area contributed by atoms with Gasteiger partial charge in [-0.25, -0.2) is 0 Å². The number of para-hydroxylation sites is 1. The average Bonchev–Trinajstić information content (AvgIpc) is 3.36. The Labute approximate surface area is 247 Å². The Morgan fingerprint density at radius 3 is 2.51 bits per heavy atom. The summed E-state index contributed by atoms with van der Waals surface area (Å²) in [5.74, 6) is 0.252. The Hall–Kier alpha value is -4.47. The number of carbonyl (C=O) groups excluding carboxylic acids is 2. The van der Waals surface area contributed by atoms with Gasteiger partial charge in [0.05, 0.1) is 24.5 Å². The van der Waals surface area contributed by atoms with Crippen molar-refractivity contribution in [3.8, 4) is 11.5 Å². The molecule has 0 saturated carbocycles. The van der Waals surface area contributed by atoms with E-state index in [1.807, 2.05) is 56.3 Å². The highest BCUT2D eigenvalue weighted by molar-refractivity contribution is 6.01. The number of hydrogen-bond acceptors (Lipinski definition) is 4. The number of aromatic amines is 1. The second-order valence-electron chi connectivity index (χ2n) is 11.5. The van der Waals surface area contributed by atoms with Crippen molar-refractivity contribution < 1.29 is 32.2 Å². The molecule has 3 heterocycles. The maximum atomic E-state index is 14.3. The predicted octanol–water partition coefficient (Wildman–Crippen LogP) is 6.21. The summed E-state index contributed by atoms with van der Waals surface area (Å²) in [6, 6.07) is 18.3. The van der Waals surface area contributed by atoms with Crippen LogP contribution in [0, 0.1) is 0 Å². The van der Waals surface area contributed by atoms with E-state index in [0.29, 0.717) is 22.8 Å². The SMILES string of the molecule is COc1cc(C2CN3C(=O)CN(Cc4cccc(C(F)(F)F)c4)C(=O)C3(C)c3[nH]c4ccccc4c32)ccc1OC(C)C. The van der Waals surface area contributed by atoms with Crippen molar-refractivity contribution in [3.63, 3.8) is 0 Å². The molecule has 7 nitrogen and oxygen atoms in total. The van der Waals surface area contributed by atoms with E-state index in [9.17, 15) is 22.8 Å². The van der Waals surface area contributed by atoms with Gasteiger partial charge in [-0.15, -0.1) is 0 Å². The summed E-state index contributed by atoms with van der Waals surface area (Å²) in [7, 11) is 1.58. The van der Waals surface area contributed by atoms with Gasteiger partial charge in [-0.2, -0.15) is 13.2 Å². The molecule has 6 rings (SSSR count). The molecule has 0 bridgehead atoms. The molecule has 2 aliphatic heterocycles. The molecule has 0 radical (unpaired) electrons. The Morgan fingerprint density at radius 2 is 1.79 bits per heavy atom. The van der Waals surface area contributed by atoms with E-state index in [2.05, 4.69) is 4.98 Å². The number of rotatable bonds is 6. The lowest BCUT2D eigenvalue weighted by molar-refractivity contribution is -0.167. The zero-order valence-corrected chi connectivity index (χ0v) is 24.3. The standard InChI is InChI=1S/C33H32F3N3O4/c1-19(2)43-26-13-12-21(15-27(26)42-4)24-17-39-28(40)18-38(16-20-8-7-9-22(14-20)33(34,35)36)31(41)32(39,3)30-29(24)23-10-5-6-11-25(23)37-30/h5-15,19,24,37H,16-18H2,1-4H3. The highest BCUT2D eigenvalue weighted by Gasteiger charge is 2.56. The molecule has 2 unspecified atom stereocenters. The minimum absolute atomic E-state index is 0.0498. The fraction of sp³-hybridized carbons (Fsp3) is 0.333. The third kappa shape index (κ3) is 4.78. The molecule has 0 aliphatic carbocycles. The van der Waals surface area contributed by atoms with Crippen LogP contribution >= 0.6 is 0 Å². The van der Waals surface area contributed by atoms with E-state index in [-0.39, 0.29) is 43.5 Å². The Balaban J connectivity index is 1.44. The van der Waals surface area contributed by atoms with Crippen LogP contribution in [0.2, 0.25) is 0 Å². The molecule has 1 fully saturated rings. The maximum Gasteiger partial charge on any atom is 0.416 e. The first-order valence-electron chi connectivity index (χ1n) is 14.1. The van der Waals surface area contributed by atoms with Gasteiger partial charge in [0, 0.05) is 29.9 Å². The molecule has 0 spiro atoms. The molecule has 1 aromatic heterocycles. The first-order valence-corrected chi connectivity index (χ1v) is 14.1. The summed E-state index contributed by atoms with van der Waals surface area (Å²) < 4.78 is 51.7. The molecule has 2 aliphatic rings. The average molecular weight is 592 g/mol. The number of alkyl halides is 3. The number of piperazine rings is 1. The number of methoxy groups -OCH3 is 1. The zero-order valence-electron chi connectivity index (χ0n) is 24.3. The van der Waals surface area contributed by atoms with Crippen LogP contribution in [0.25, 0.3) is 10.9 Å². The summed E-state index contributed by atoms with van der Waals surface area (Å²) in [4.78, 5) is 34.5. The highest BCUT2D eigenvalue weighted by atomic mass is 19.4. The van der Waals surface area contributed by atoms with Gasteiger partial charge in [0.15, 0.2) is 17.0 Å². The lowest BCUT2D eigenvalue weighted by Crippen LogP contribution is -2.67. The molecular formula is C33H32F3N3O4. The number of hydrogen-bond donors (Lipinski definition) is 1. The van der Waals surface area contributed by atoms with Crippen LogP contribution in [-0.2, 0) is 27.8 Å². The summed E-state index contributed by atoms with van der Waals surface area (Å²) in [5, 5.41) is 0.931. The van der Waals surface area contributed by atoms with Crippen molar-refractivity contribution in [1.29, 1.82) is 0 Å². The van der Waals surface area contributed by atoms with E-state index in [0.717, 1.165) is 34.2 Å². The van der Waals surface area contributed by atoms with E-state index < -0.39 is 17.3 Å². The molecule has 2 amide bonds. The van der Waals surface area contributed by atoms with E-state index in [1.165, 1.54) is 17.0 Å². The van der Waals surface area contributed by atoms with Crippen LogP contribution in [0.4, 0.5) is 13.2 Å². The number of fused-ring (bicyclic) bond motifs is 5. The van der Waals surface area contributed by atoms with Gasteiger partial charge >= 0.3 is 6.18 Å². The second kappa shape index (κ2) is 10.4. The smallest absolute Gasteiger partial charge is 0.416 e. The lowest BCUT2D eigenvalue weighted by Gasteiger charge is -2.51. The van der Waals surface area contributed by atoms with Gasteiger partial charge in [-0.3, -0.25) is 9.59 Å². The topological polar surface area (TPSA) is 74.9 Å². The number of aromatic nitrogens is 1. The second-order valence-corrected chi connectivity index (χ2v) is 11.5. The molecule has 43 heavy (non-hydrogen) atoms. The van der Waals surface area contributed by atoms with Gasteiger partial charge in [0.1, 0.15) is 6.54 Å².